The van der Waals surface area contributed by atoms with Gasteiger partial charge in [0, 0.05) is 49.4 Å². The van der Waals surface area contributed by atoms with Crippen molar-refractivity contribution in [2.45, 2.75) is 45.1 Å². The number of allylic oxidation sites excluding steroid dienone is 1. The number of hydrogen-bond donors (Lipinski definition) is 0. The molecule has 2 saturated carbocycles. The fraction of sp³-hybridized carbons (Fsp3) is 0.640. The van der Waals surface area contributed by atoms with Crippen LogP contribution in [0.4, 0.5) is 5.69 Å². The molecule has 0 aromatic heterocycles. The highest BCUT2D eigenvalue weighted by atomic mass is 35.5. The smallest absolute Gasteiger partial charge is 0.310 e. The highest BCUT2D eigenvalue weighted by Gasteiger charge is 2.55. The Kier molecular flexibility index (Phi) is 5.35. The fourth-order valence-corrected chi connectivity index (χ4v) is 6.71. The quantitative estimate of drug-likeness (QED) is 0.512. The second kappa shape index (κ2) is 7.87. The number of hydrogen-bond acceptors (Lipinski definition) is 4. The molecule has 2 saturated heterocycles. The Morgan fingerprint density at radius 3 is 2.67 bits per heavy atom. The van der Waals surface area contributed by atoms with E-state index >= 15 is 0 Å². The molecule has 5 rings (SSSR count). The summed E-state index contributed by atoms with van der Waals surface area (Å²) in [5, 5.41) is 0.774. The van der Waals surface area contributed by atoms with E-state index in [0.29, 0.717) is 11.8 Å². The molecule has 2 aliphatic carbocycles. The summed E-state index contributed by atoms with van der Waals surface area (Å²) in [6, 6.07) is 8.09. The first-order valence-corrected chi connectivity index (χ1v) is 11.9. The zero-order chi connectivity index (χ0) is 20.9. The van der Waals surface area contributed by atoms with Gasteiger partial charge in [-0.2, -0.15) is 0 Å². The average Bonchev–Trinajstić information content (AvgIpc) is 3.01. The molecule has 1 aromatic carbocycles. The first-order valence-electron chi connectivity index (χ1n) is 11.5. The van der Waals surface area contributed by atoms with Gasteiger partial charge in [0.25, 0.3) is 0 Å². The van der Waals surface area contributed by atoms with Gasteiger partial charge in [-0.1, -0.05) is 30.7 Å². The minimum absolute atomic E-state index is 0.0244. The normalized spacial score (nSPS) is 36.9. The Balaban J connectivity index is 1.22. The topological polar surface area (TPSA) is 32.8 Å². The number of carbonyl (C=O) groups is 1. The van der Waals surface area contributed by atoms with Crippen molar-refractivity contribution in [3.8, 4) is 0 Å². The lowest BCUT2D eigenvalue weighted by Gasteiger charge is -2.50. The van der Waals surface area contributed by atoms with Crippen molar-refractivity contribution in [1.29, 1.82) is 0 Å². The van der Waals surface area contributed by atoms with E-state index in [0.717, 1.165) is 57.0 Å². The molecule has 5 atom stereocenters. The number of fused-ring (bicyclic) bond motifs is 2. The first kappa shape index (κ1) is 20.4. The molecule has 5 heteroatoms. The maximum atomic E-state index is 12.8. The summed E-state index contributed by atoms with van der Waals surface area (Å²) in [7, 11) is 0. The van der Waals surface area contributed by atoms with Gasteiger partial charge in [0.05, 0.1) is 5.92 Å². The monoisotopic (exact) mass is 428 g/mol. The molecule has 30 heavy (non-hydrogen) atoms. The van der Waals surface area contributed by atoms with Crippen LogP contribution in [0.3, 0.4) is 0 Å². The van der Waals surface area contributed by atoms with Crippen molar-refractivity contribution in [3.05, 3.63) is 41.4 Å². The Hall–Kier alpha value is -1.52. The van der Waals surface area contributed by atoms with E-state index in [1.165, 1.54) is 24.1 Å². The van der Waals surface area contributed by atoms with Crippen molar-refractivity contribution < 1.29 is 9.53 Å². The number of halogens is 1. The van der Waals surface area contributed by atoms with Crippen LogP contribution in [0.15, 0.2) is 36.4 Å². The molecule has 4 fully saturated rings. The van der Waals surface area contributed by atoms with E-state index in [1.807, 2.05) is 12.1 Å². The van der Waals surface area contributed by atoms with Gasteiger partial charge in [-0.25, -0.2) is 0 Å². The number of esters is 1. The summed E-state index contributed by atoms with van der Waals surface area (Å²) < 4.78 is 5.95. The van der Waals surface area contributed by atoms with Crippen LogP contribution in [0.25, 0.3) is 0 Å². The summed E-state index contributed by atoms with van der Waals surface area (Å²) in [4.78, 5) is 17.7. The lowest BCUT2D eigenvalue weighted by atomic mass is 9.55. The van der Waals surface area contributed by atoms with Crippen molar-refractivity contribution in [3.63, 3.8) is 0 Å². The predicted molar refractivity (Wildman–Crippen MR) is 121 cm³/mol. The maximum Gasteiger partial charge on any atom is 0.310 e. The third-order valence-electron chi connectivity index (χ3n) is 8.34. The molecule has 2 heterocycles. The first-order chi connectivity index (χ1) is 14.4. The van der Waals surface area contributed by atoms with E-state index in [4.69, 9.17) is 16.3 Å². The standard InChI is InChI=1S/C25H33ClN2O2/c1-17-4-3-9-25(2)15-23-20(14-22(17)25)21(24(29)30-23)16-27-10-12-28(13-11-27)19-7-5-18(26)6-8-19/h5-8,20-23H,1,3-4,9-16H2,2H3/t20-,21-,22-,23-,25-/m1/s1. The fourth-order valence-electron chi connectivity index (χ4n) is 6.58. The second-order valence-corrected chi connectivity index (χ2v) is 10.6. The largest absolute Gasteiger partial charge is 0.462 e. The predicted octanol–water partition coefficient (Wildman–Crippen LogP) is 4.78. The minimum atomic E-state index is 0.0244. The van der Waals surface area contributed by atoms with Gasteiger partial charge >= 0.3 is 5.97 Å². The number of piperazine rings is 1. The number of anilines is 1. The number of carbonyl (C=O) groups excluding carboxylic acids is 1. The van der Waals surface area contributed by atoms with Gasteiger partial charge in [-0.05, 0) is 67.7 Å². The van der Waals surface area contributed by atoms with E-state index in [-0.39, 0.29) is 23.4 Å². The molecule has 0 spiro atoms. The Labute approximate surface area is 185 Å². The maximum absolute atomic E-state index is 12.8. The van der Waals surface area contributed by atoms with Crippen LogP contribution in [0, 0.1) is 23.2 Å². The number of benzene rings is 1. The summed E-state index contributed by atoms with van der Waals surface area (Å²) in [6.45, 7) is 11.6. The van der Waals surface area contributed by atoms with E-state index in [1.54, 1.807) is 0 Å². The number of rotatable bonds is 3. The molecule has 2 aliphatic heterocycles. The van der Waals surface area contributed by atoms with Crippen LogP contribution in [0.2, 0.25) is 5.02 Å². The van der Waals surface area contributed by atoms with Crippen molar-refractivity contribution in [2.24, 2.45) is 23.2 Å². The molecular formula is C25H33ClN2O2. The van der Waals surface area contributed by atoms with Gasteiger partial charge in [0.1, 0.15) is 6.10 Å². The lowest BCUT2D eigenvalue weighted by molar-refractivity contribution is -0.146. The molecule has 4 aliphatic rings. The van der Waals surface area contributed by atoms with Crippen LogP contribution in [-0.2, 0) is 9.53 Å². The van der Waals surface area contributed by atoms with Crippen molar-refractivity contribution in [1.82, 2.24) is 4.90 Å². The zero-order valence-electron chi connectivity index (χ0n) is 18.0. The number of ether oxygens (including phenoxy) is 1. The lowest BCUT2D eigenvalue weighted by Crippen LogP contribution is -2.50. The molecule has 0 bridgehead atoms. The summed E-state index contributed by atoms with van der Waals surface area (Å²) >= 11 is 6.02. The van der Waals surface area contributed by atoms with Crippen LogP contribution < -0.4 is 4.90 Å². The van der Waals surface area contributed by atoms with Gasteiger partial charge in [0.15, 0.2) is 0 Å². The molecule has 0 radical (unpaired) electrons. The van der Waals surface area contributed by atoms with Crippen LogP contribution in [-0.4, -0.2) is 49.7 Å². The van der Waals surface area contributed by atoms with E-state index in [9.17, 15) is 4.79 Å². The number of nitrogens with zero attached hydrogens (tertiary/aromatic N) is 2. The third kappa shape index (κ3) is 3.67. The Bertz CT molecular complexity index is 817. The van der Waals surface area contributed by atoms with Crippen molar-refractivity contribution >= 4 is 23.3 Å². The molecule has 0 amide bonds. The minimum Gasteiger partial charge on any atom is -0.462 e. The van der Waals surface area contributed by atoms with E-state index in [2.05, 4.69) is 35.4 Å². The Morgan fingerprint density at radius 2 is 1.93 bits per heavy atom. The van der Waals surface area contributed by atoms with Gasteiger partial charge < -0.3 is 9.64 Å². The van der Waals surface area contributed by atoms with Gasteiger partial charge in [-0.15, -0.1) is 0 Å². The summed E-state index contributed by atoms with van der Waals surface area (Å²) in [5.41, 5.74) is 2.91. The average molecular weight is 429 g/mol. The van der Waals surface area contributed by atoms with E-state index < -0.39 is 0 Å². The molecule has 162 valence electrons. The highest BCUT2D eigenvalue weighted by Crippen LogP contribution is 2.56. The molecule has 0 N–H and O–H groups in total. The summed E-state index contributed by atoms with van der Waals surface area (Å²) in [6.07, 6.45) is 5.86. The van der Waals surface area contributed by atoms with Crippen LogP contribution >= 0.6 is 11.6 Å². The van der Waals surface area contributed by atoms with Gasteiger partial charge in [0.2, 0.25) is 0 Å². The Morgan fingerprint density at radius 1 is 1.20 bits per heavy atom. The van der Waals surface area contributed by atoms with Crippen molar-refractivity contribution in [2.75, 3.05) is 37.6 Å². The SMILES string of the molecule is C=C1CCC[C@]2(C)C[C@H]3OC(=O)[C@H](CN4CCN(c5ccc(Cl)cc5)CC4)[C@H]3C[C@H]12. The second-order valence-electron chi connectivity index (χ2n) is 10.2. The van der Waals surface area contributed by atoms with Gasteiger partial charge in [-0.3, -0.25) is 9.69 Å². The summed E-state index contributed by atoms with van der Waals surface area (Å²) in [5.74, 6) is 0.986. The zero-order valence-corrected chi connectivity index (χ0v) is 18.7. The molecule has 4 nitrogen and oxygen atoms in total. The van der Waals surface area contributed by atoms with Crippen LogP contribution in [0.5, 0.6) is 0 Å². The molecule has 0 unspecified atom stereocenters. The third-order valence-corrected chi connectivity index (χ3v) is 8.59. The molecular weight excluding hydrogens is 396 g/mol. The highest BCUT2D eigenvalue weighted by molar-refractivity contribution is 6.30. The van der Waals surface area contributed by atoms with Crippen LogP contribution in [0.1, 0.15) is 39.0 Å². The molecule has 1 aromatic rings.